The number of benzene rings is 1. The predicted octanol–water partition coefficient (Wildman–Crippen LogP) is 1.51. The predicted molar refractivity (Wildman–Crippen MR) is 81.4 cm³/mol. The van der Waals surface area contributed by atoms with Crippen LogP contribution in [0.5, 0.6) is 5.75 Å². The lowest BCUT2D eigenvalue weighted by molar-refractivity contribution is -0.124. The van der Waals surface area contributed by atoms with Gasteiger partial charge in [0.05, 0.1) is 6.54 Å². The Kier molecular flexibility index (Phi) is 6.52. The van der Waals surface area contributed by atoms with Crippen LogP contribution < -0.4 is 15.8 Å². The van der Waals surface area contributed by atoms with E-state index in [-0.39, 0.29) is 17.7 Å². The Balaban J connectivity index is 2.42. The van der Waals surface area contributed by atoms with Gasteiger partial charge in [-0.15, -0.1) is 0 Å². The van der Waals surface area contributed by atoms with Crippen LogP contribution >= 0.6 is 0 Å². The Bertz CT molecular complexity index is 501. The number of hydrogen-bond acceptors (Lipinski definition) is 4. The summed E-state index contributed by atoms with van der Waals surface area (Å²) in [6, 6.07) is 7.69. The molecule has 0 fully saturated rings. The van der Waals surface area contributed by atoms with Gasteiger partial charge < -0.3 is 21.0 Å². The number of oxime groups is 1. The van der Waals surface area contributed by atoms with Crippen LogP contribution in [0.2, 0.25) is 0 Å². The first-order chi connectivity index (χ1) is 9.95. The van der Waals surface area contributed by atoms with Gasteiger partial charge in [0, 0.05) is 0 Å². The van der Waals surface area contributed by atoms with Crippen LogP contribution in [-0.2, 0) is 4.79 Å². The molecular formula is C15H23N3O3. The van der Waals surface area contributed by atoms with Crippen LogP contribution in [0.25, 0.3) is 0 Å². The second-order valence-electron chi connectivity index (χ2n) is 5.20. The number of carbonyl (C=O) groups is 1. The van der Waals surface area contributed by atoms with E-state index < -0.39 is 5.92 Å². The maximum Gasteiger partial charge on any atom is 0.231 e. The molecule has 0 saturated heterocycles. The van der Waals surface area contributed by atoms with Crippen LogP contribution in [-0.4, -0.2) is 30.1 Å². The molecule has 1 rings (SSSR count). The fourth-order valence-corrected chi connectivity index (χ4v) is 2.00. The molecule has 0 aromatic heterocycles. The maximum absolute atomic E-state index is 12.0. The fourth-order valence-electron chi connectivity index (χ4n) is 2.00. The minimum absolute atomic E-state index is 0.0569. The lowest BCUT2D eigenvalue weighted by Gasteiger charge is -2.18. The Morgan fingerprint density at radius 2 is 2.19 bits per heavy atom. The van der Waals surface area contributed by atoms with Crippen molar-refractivity contribution in [1.29, 1.82) is 0 Å². The summed E-state index contributed by atoms with van der Waals surface area (Å²) in [5.41, 5.74) is 6.65. The van der Waals surface area contributed by atoms with Crippen molar-refractivity contribution in [2.75, 3.05) is 13.2 Å². The van der Waals surface area contributed by atoms with Gasteiger partial charge in [0.1, 0.15) is 18.3 Å². The molecule has 0 aliphatic rings. The highest BCUT2D eigenvalue weighted by Gasteiger charge is 2.26. The minimum Gasteiger partial charge on any atom is -0.492 e. The van der Waals surface area contributed by atoms with Crippen LogP contribution in [0.1, 0.15) is 19.4 Å². The van der Waals surface area contributed by atoms with Gasteiger partial charge in [-0.05, 0) is 30.5 Å². The number of amides is 1. The third-order valence-corrected chi connectivity index (χ3v) is 3.04. The van der Waals surface area contributed by atoms with Crippen LogP contribution in [0.3, 0.4) is 0 Å². The molecule has 0 aliphatic carbocycles. The number of rotatable bonds is 7. The molecule has 116 valence electrons. The van der Waals surface area contributed by atoms with E-state index in [0.717, 1.165) is 11.3 Å². The summed E-state index contributed by atoms with van der Waals surface area (Å²) in [6.07, 6.45) is 0. The minimum atomic E-state index is -0.644. The largest absolute Gasteiger partial charge is 0.492 e. The summed E-state index contributed by atoms with van der Waals surface area (Å²) >= 11 is 0. The zero-order chi connectivity index (χ0) is 15.8. The molecule has 1 aromatic rings. The van der Waals surface area contributed by atoms with Crippen molar-refractivity contribution in [1.82, 2.24) is 5.32 Å². The average Bonchev–Trinajstić information content (AvgIpc) is 2.43. The molecule has 1 amide bonds. The molecule has 21 heavy (non-hydrogen) atoms. The van der Waals surface area contributed by atoms with Crippen molar-refractivity contribution in [3.05, 3.63) is 29.8 Å². The van der Waals surface area contributed by atoms with E-state index in [1.54, 1.807) is 0 Å². The Hall–Kier alpha value is -2.24. The molecule has 1 atom stereocenters. The lowest BCUT2D eigenvalue weighted by Crippen LogP contribution is -2.43. The van der Waals surface area contributed by atoms with Gasteiger partial charge in [-0.3, -0.25) is 4.79 Å². The van der Waals surface area contributed by atoms with E-state index in [2.05, 4.69) is 10.5 Å². The number of ether oxygens (including phenoxy) is 1. The lowest BCUT2D eigenvalue weighted by atomic mass is 9.94. The monoisotopic (exact) mass is 293 g/mol. The average molecular weight is 293 g/mol. The van der Waals surface area contributed by atoms with E-state index >= 15 is 0 Å². The van der Waals surface area contributed by atoms with Gasteiger partial charge >= 0.3 is 0 Å². The van der Waals surface area contributed by atoms with Crippen LogP contribution in [0.15, 0.2) is 29.4 Å². The van der Waals surface area contributed by atoms with Crippen molar-refractivity contribution < 1.29 is 14.7 Å². The molecular weight excluding hydrogens is 270 g/mol. The first-order valence-electron chi connectivity index (χ1n) is 6.90. The quantitative estimate of drug-likeness (QED) is 0.233. The van der Waals surface area contributed by atoms with Gasteiger partial charge in [0.2, 0.25) is 5.91 Å². The SMILES string of the molecule is Cc1cccc(OCCNC(=O)C(C(N)=NO)C(C)C)c1. The summed E-state index contributed by atoms with van der Waals surface area (Å²) < 4.78 is 5.54. The highest BCUT2D eigenvalue weighted by molar-refractivity contribution is 6.02. The summed E-state index contributed by atoms with van der Waals surface area (Å²) in [5, 5.41) is 14.4. The van der Waals surface area contributed by atoms with Crippen molar-refractivity contribution in [2.45, 2.75) is 20.8 Å². The normalized spacial score (nSPS) is 13.0. The second-order valence-corrected chi connectivity index (χ2v) is 5.20. The van der Waals surface area contributed by atoms with E-state index in [1.807, 2.05) is 45.0 Å². The smallest absolute Gasteiger partial charge is 0.231 e. The number of nitrogens with zero attached hydrogens (tertiary/aromatic N) is 1. The number of hydrogen-bond donors (Lipinski definition) is 3. The highest BCUT2D eigenvalue weighted by atomic mass is 16.5. The molecule has 0 saturated carbocycles. The molecule has 1 unspecified atom stereocenters. The number of nitrogens with one attached hydrogen (secondary N) is 1. The van der Waals surface area contributed by atoms with Crippen molar-refractivity contribution in [3.8, 4) is 5.75 Å². The van der Waals surface area contributed by atoms with E-state index in [0.29, 0.717) is 13.2 Å². The van der Waals surface area contributed by atoms with Gasteiger partial charge in [-0.1, -0.05) is 31.1 Å². The molecule has 4 N–H and O–H groups in total. The molecule has 6 heteroatoms. The fraction of sp³-hybridized carbons (Fsp3) is 0.467. The number of amidine groups is 1. The molecule has 6 nitrogen and oxygen atoms in total. The standard InChI is InChI=1S/C15H23N3O3/c1-10(2)13(14(16)18-20)15(19)17-7-8-21-12-6-4-5-11(3)9-12/h4-6,9-10,13,20H,7-8H2,1-3H3,(H2,16,18)(H,17,19). The molecule has 0 aliphatic heterocycles. The highest BCUT2D eigenvalue weighted by Crippen LogP contribution is 2.12. The first kappa shape index (κ1) is 16.8. The summed E-state index contributed by atoms with van der Waals surface area (Å²) in [7, 11) is 0. The number of aryl methyl sites for hydroxylation is 1. The molecule has 0 spiro atoms. The van der Waals surface area contributed by atoms with E-state index in [4.69, 9.17) is 15.7 Å². The second kappa shape index (κ2) is 8.14. The Morgan fingerprint density at radius 1 is 1.48 bits per heavy atom. The first-order valence-corrected chi connectivity index (χ1v) is 6.90. The van der Waals surface area contributed by atoms with Gasteiger partial charge in [-0.2, -0.15) is 0 Å². The van der Waals surface area contributed by atoms with E-state index in [1.165, 1.54) is 0 Å². The van der Waals surface area contributed by atoms with Crippen molar-refractivity contribution in [2.24, 2.45) is 22.7 Å². The summed E-state index contributed by atoms with van der Waals surface area (Å²) in [5.74, 6) is -0.288. The summed E-state index contributed by atoms with van der Waals surface area (Å²) in [6.45, 7) is 6.38. The van der Waals surface area contributed by atoms with Gasteiger partial charge in [0.25, 0.3) is 0 Å². The molecule has 0 radical (unpaired) electrons. The van der Waals surface area contributed by atoms with Crippen LogP contribution in [0, 0.1) is 18.8 Å². The molecule has 0 bridgehead atoms. The van der Waals surface area contributed by atoms with Crippen LogP contribution in [0.4, 0.5) is 0 Å². The van der Waals surface area contributed by atoms with Gasteiger partial charge in [0.15, 0.2) is 5.84 Å². The Labute approximate surface area is 125 Å². The summed E-state index contributed by atoms with van der Waals surface area (Å²) in [4.78, 5) is 12.0. The molecule has 1 aromatic carbocycles. The van der Waals surface area contributed by atoms with E-state index in [9.17, 15) is 4.79 Å². The zero-order valence-electron chi connectivity index (χ0n) is 12.7. The molecule has 0 heterocycles. The Morgan fingerprint density at radius 3 is 2.76 bits per heavy atom. The number of nitrogens with two attached hydrogens (primary N) is 1. The van der Waals surface area contributed by atoms with Crippen molar-refractivity contribution in [3.63, 3.8) is 0 Å². The third kappa shape index (κ3) is 5.33. The maximum atomic E-state index is 12.0. The number of carbonyl (C=O) groups excluding carboxylic acids is 1. The topological polar surface area (TPSA) is 96.9 Å². The van der Waals surface area contributed by atoms with Gasteiger partial charge in [-0.25, -0.2) is 0 Å². The zero-order valence-corrected chi connectivity index (χ0v) is 12.7. The third-order valence-electron chi connectivity index (χ3n) is 3.04. The van der Waals surface area contributed by atoms with Crippen molar-refractivity contribution >= 4 is 11.7 Å².